The van der Waals surface area contributed by atoms with Crippen LogP contribution < -0.4 is 10.6 Å². The Labute approximate surface area is 163 Å². The Morgan fingerprint density at radius 1 is 0.964 bits per heavy atom. The molecule has 0 aliphatic heterocycles. The first-order valence-electron chi connectivity index (χ1n) is 9.24. The van der Waals surface area contributed by atoms with Crippen LogP contribution in [-0.4, -0.2) is 27.8 Å². The third-order valence-electron chi connectivity index (χ3n) is 4.51. The Kier molecular flexibility index (Phi) is 5.10. The molecule has 0 saturated heterocycles. The van der Waals surface area contributed by atoms with Gasteiger partial charge in [-0.05, 0) is 48.7 Å². The zero-order chi connectivity index (χ0) is 19.3. The number of carbonyl (C=O) groups excluding carboxylic acids is 2. The molecule has 0 spiro atoms. The molecule has 2 N–H and O–H groups in total. The van der Waals surface area contributed by atoms with Gasteiger partial charge in [-0.2, -0.15) is 0 Å². The first kappa shape index (κ1) is 17.9. The molecule has 0 atom stereocenters. The van der Waals surface area contributed by atoms with Crippen molar-refractivity contribution >= 4 is 11.8 Å². The maximum atomic E-state index is 12.4. The van der Waals surface area contributed by atoms with Crippen LogP contribution >= 0.6 is 0 Å². The molecule has 0 bridgehead atoms. The van der Waals surface area contributed by atoms with Gasteiger partial charge < -0.3 is 10.6 Å². The Morgan fingerprint density at radius 2 is 1.79 bits per heavy atom. The van der Waals surface area contributed by atoms with Crippen molar-refractivity contribution in [3.63, 3.8) is 0 Å². The average Bonchev–Trinajstić information content (AvgIpc) is 3.57. The van der Waals surface area contributed by atoms with Gasteiger partial charge in [0.1, 0.15) is 5.69 Å². The van der Waals surface area contributed by atoms with Gasteiger partial charge in [0.05, 0.1) is 5.69 Å². The van der Waals surface area contributed by atoms with Gasteiger partial charge in [-0.1, -0.05) is 24.3 Å². The predicted molar refractivity (Wildman–Crippen MR) is 106 cm³/mol. The van der Waals surface area contributed by atoms with Gasteiger partial charge in [0, 0.05) is 36.1 Å². The number of nitrogens with zero attached hydrogens (tertiary/aromatic N) is 2. The van der Waals surface area contributed by atoms with Crippen molar-refractivity contribution in [2.75, 3.05) is 0 Å². The molecule has 0 unspecified atom stereocenters. The molecular weight excluding hydrogens is 352 g/mol. The smallest absolute Gasteiger partial charge is 0.270 e. The van der Waals surface area contributed by atoms with E-state index in [0.29, 0.717) is 29.5 Å². The maximum absolute atomic E-state index is 12.4. The summed E-state index contributed by atoms with van der Waals surface area (Å²) in [4.78, 5) is 33.0. The Hall–Kier alpha value is -3.54. The highest BCUT2D eigenvalue weighted by atomic mass is 16.2. The van der Waals surface area contributed by atoms with E-state index in [-0.39, 0.29) is 11.8 Å². The first-order valence-corrected chi connectivity index (χ1v) is 9.24. The largest absolute Gasteiger partial charge is 0.349 e. The van der Waals surface area contributed by atoms with Gasteiger partial charge >= 0.3 is 0 Å². The molecule has 2 amide bonds. The lowest BCUT2D eigenvalue weighted by Gasteiger charge is -2.08. The van der Waals surface area contributed by atoms with Crippen molar-refractivity contribution in [2.45, 2.75) is 25.4 Å². The highest BCUT2D eigenvalue weighted by Gasteiger charge is 2.23. The topological polar surface area (TPSA) is 84.0 Å². The number of benzene rings is 1. The quantitative estimate of drug-likeness (QED) is 0.697. The van der Waals surface area contributed by atoms with Gasteiger partial charge in [-0.25, -0.2) is 4.98 Å². The number of hydrogen-bond acceptors (Lipinski definition) is 4. The SMILES string of the molecule is O=C(NC1CC1)c1ccc(-c2cccc(C(=O)NCc3cccnc3)n2)cc1. The van der Waals surface area contributed by atoms with Gasteiger partial charge in [0.2, 0.25) is 0 Å². The minimum atomic E-state index is -0.244. The Morgan fingerprint density at radius 3 is 2.50 bits per heavy atom. The van der Waals surface area contributed by atoms with Crippen molar-refractivity contribution in [1.82, 2.24) is 20.6 Å². The summed E-state index contributed by atoms with van der Waals surface area (Å²) < 4.78 is 0. The Bertz CT molecular complexity index is 983. The normalized spacial score (nSPS) is 13.0. The highest BCUT2D eigenvalue weighted by Crippen LogP contribution is 2.21. The van der Waals surface area contributed by atoms with Gasteiger partial charge in [-0.15, -0.1) is 0 Å². The third kappa shape index (κ3) is 4.40. The van der Waals surface area contributed by atoms with Crippen LogP contribution in [0.4, 0.5) is 0 Å². The van der Waals surface area contributed by atoms with E-state index in [1.165, 1.54) is 0 Å². The molecule has 28 heavy (non-hydrogen) atoms. The highest BCUT2D eigenvalue weighted by molar-refractivity contribution is 5.95. The number of nitrogens with one attached hydrogen (secondary N) is 2. The number of hydrogen-bond donors (Lipinski definition) is 2. The van der Waals surface area contributed by atoms with Crippen LogP contribution in [0.2, 0.25) is 0 Å². The molecule has 3 aromatic rings. The summed E-state index contributed by atoms with van der Waals surface area (Å²) in [5.41, 5.74) is 3.43. The van der Waals surface area contributed by atoms with Crippen LogP contribution in [0.25, 0.3) is 11.3 Å². The molecule has 6 heteroatoms. The monoisotopic (exact) mass is 372 g/mol. The van der Waals surface area contributed by atoms with E-state index in [1.54, 1.807) is 36.7 Å². The zero-order valence-corrected chi connectivity index (χ0v) is 15.3. The van der Waals surface area contributed by atoms with Crippen molar-refractivity contribution in [1.29, 1.82) is 0 Å². The molecule has 1 saturated carbocycles. The molecule has 1 aromatic carbocycles. The second-order valence-corrected chi connectivity index (χ2v) is 6.78. The van der Waals surface area contributed by atoms with Crippen LogP contribution in [0.1, 0.15) is 39.3 Å². The summed E-state index contributed by atoms with van der Waals surface area (Å²) in [6.45, 7) is 0.392. The van der Waals surface area contributed by atoms with Crippen LogP contribution in [0.3, 0.4) is 0 Å². The van der Waals surface area contributed by atoms with E-state index in [0.717, 1.165) is 24.0 Å². The molecule has 1 aliphatic rings. The van der Waals surface area contributed by atoms with E-state index < -0.39 is 0 Å². The third-order valence-corrected chi connectivity index (χ3v) is 4.51. The summed E-state index contributed by atoms with van der Waals surface area (Å²) in [5, 5.41) is 5.82. The molecular formula is C22H20N4O2. The summed E-state index contributed by atoms with van der Waals surface area (Å²) in [5.74, 6) is -0.295. The van der Waals surface area contributed by atoms with Crippen LogP contribution in [0.5, 0.6) is 0 Å². The second-order valence-electron chi connectivity index (χ2n) is 6.78. The molecule has 6 nitrogen and oxygen atoms in total. The number of pyridine rings is 2. The van der Waals surface area contributed by atoms with Crippen LogP contribution in [0.15, 0.2) is 67.0 Å². The van der Waals surface area contributed by atoms with E-state index in [2.05, 4.69) is 20.6 Å². The molecule has 2 aromatic heterocycles. The van der Waals surface area contributed by atoms with Gasteiger partial charge in [-0.3, -0.25) is 14.6 Å². The van der Waals surface area contributed by atoms with Gasteiger partial charge in [0.15, 0.2) is 0 Å². The van der Waals surface area contributed by atoms with Crippen molar-refractivity contribution in [2.24, 2.45) is 0 Å². The first-order chi connectivity index (χ1) is 13.7. The van der Waals surface area contributed by atoms with E-state index in [4.69, 9.17) is 0 Å². The van der Waals surface area contributed by atoms with Gasteiger partial charge in [0.25, 0.3) is 11.8 Å². The molecule has 1 aliphatic carbocycles. The lowest BCUT2D eigenvalue weighted by molar-refractivity contribution is 0.0940. The molecule has 1 fully saturated rings. The van der Waals surface area contributed by atoms with E-state index in [1.807, 2.05) is 30.3 Å². The minimum absolute atomic E-state index is 0.0504. The summed E-state index contributed by atoms with van der Waals surface area (Å²) in [6, 6.07) is 16.6. The summed E-state index contributed by atoms with van der Waals surface area (Å²) in [6.07, 6.45) is 5.52. The van der Waals surface area contributed by atoms with Crippen molar-refractivity contribution in [3.05, 3.63) is 83.8 Å². The summed E-state index contributed by atoms with van der Waals surface area (Å²) in [7, 11) is 0. The molecule has 4 rings (SSSR count). The standard InChI is InChI=1S/C22H20N4O2/c27-21(25-18-10-11-18)17-8-6-16(7-9-17)19-4-1-5-20(26-19)22(28)24-14-15-3-2-12-23-13-15/h1-9,12-13,18H,10-11,14H2,(H,24,28)(H,25,27). The number of aromatic nitrogens is 2. The predicted octanol–water partition coefficient (Wildman–Crippen LogP) is 2.97. The van der Waals surface area contributed by atoms with Crippen molar-refractivity contribution < 1.29 is 9.59 Å². The number of rotatable bonds is 6. The number of carbonyl (C=O) groups is 2. The zero-order valence-electron chi connectivity index (χ0n) is 15.3. The second kappa shape index (κ2) is 8.00. The van der Waals surface area contributed by atoms with Crippen LogP contribution in [0, 0.1) is 0 Å². The van der Waals surface area contributed by atoms with E-state index >= 15 is 0 Å². The lowest BCUT2D eigenvalue weighted by Crippen LogP contribution is -2.25. The molecule has 140 valence electrons. The van der Waals surface area contributed by atoms with E-state index in [9.17, 15) is 9.59 Å². The fourth-order valence-electron chi connectivity index (χ4n) is 2.79. The van der Waals surface area contributed by atoms with Crippen LogP contribution in [-0.2, 0) is 6.54 Å². The fourth-order valence-corrected chi connectivity index (χ4v) is 2.79. The Balaban J connectivity index is 1.44. The lowest BCUT2D eigenvalue weighted by atomic mass is 10.1. The maximum Gasteiger partial charge on any atom is 0.270 e. The molecule has 2 heterocycles. The van der Waals surface area contributed by atoms with Crippen molar-refractivity contribution in [3.8, 4) is 11.3 Å². The summed E-state index contributed by atoms with van der Waals surface area (Å²) >= 11 is 0. The fraction of sp³-hybridized carbons (Fsp3) is 0.182. The minimum Gasteiger partial charge on any atom is -0.349 e. The number of amides is 2. The molecule has 0 radical (unpaired) electrons. The average molecular weight is 372 g/mol.